The number of aliphatic hydroxyl groups excluding tert-OH is 1. The maximum absolute atomic E-state index is 13.0. The minimum Gasteiger partial charge on any atom is -0.456 e. The van der Waals surface area contributed by atoms with Crippen LogP contribution >= 0.6 is 7.60 Å². The molecule has 0 radical (unpaired) electrons. The van der Waals surface area contributed by atoms with Crippen molar-refractivity contribution in [2.45, 2.75) is 51.2 Å². The van der Waals surface area contributed by atoms with Crippen molar-refractivity contribution < 1.29 is 47.3 Å². The molecule has 2 aliphatic heterocycles. The van der Waals surface area contributed by atoms with Gasteiger partial charge in [-0.25, -0.2) is 4.79 Å². The molecule has 1 saturated heterocycles. The summed E-state index contributed by atoms with van der Waals surface area (Å²) >= 11 is 0. The highest BCUT2D eigenvalue weighted by molar-refractivity contribution is 7.57. The largest absolute Gasteiger partial charge is 0.456 e. The normalized spacial score (nSPS) is 25.0. The summed E-state index contributed by atoms with van der Waals surface area (Å²) in [6.07, 6.45) is -2.30. The Morgan fingerprint density at radius 3 is 2.23 bits per heavy atom. The van der Waals surface area contributed by atoms with Gasteiger partial charge in [0.2, 0.25) is 0 Å². The lowest BCUT2D eigenvalue weighted by molar-refractivity contribution is -0.166. The van der Waals surface area contributed by atoms with Crippen LogP contribution in [0.5, 0.6) is 0 Å². The second kappa shape index (κ2) is 13.0. The summed E-state index contributed by atoms with van der Waals surface area (Å²) in [7, 11) is -3.93. The first kappa shape index (κ1) is 28.0. The summed E-state index contributed by atoms with van der Waals surface area (Å²) in [5.74, 6) is -0.404. The topological polar surface area (TPSA) is 198 Å². The third-order valence-electron chi connectivity index (χ3n) is 4.51. The zero-order chi connectivity index (χ0) is 26.0. The number of nitriles is 2. The van der Waals surface area contributed by atoms with E-state index in [0.29, 0.717) is 0 Å². The molecular weight excluding hydrogens is 487 g/mol. The fraction of sp³-hybridized carbons (Fsp3) is 0.550. The van der Waals surface area contributed by atoms with Crippen LogP contribution in [0.25, 0.3) is 0 Å². The molecule has 0 bridgehead atoms. The zero-order valence-electron chi connectivity index (χ0n) is 19.0. The highest BCUT2D eigenvalue weighted by Crippen LogP contribution is 2.51. The fourth-order valence-corrected chi connectivity index (χ4v) is 4.59. The van der Waals surface area contributed by atoms with Crippen molar-refractivity contribution in [1.29, 1.82) is 10.5 Å². The number of rotatable bonds is 11. The molecular formula is C20H25N4O10P. The number of carbonyl (C=O) groups excluding carboxylic acids is 3. The molecule has 1 fully saturated rings. The van der Waals surface area contributed by atoms with E-state index in [-0.39, 0.29) is 31.8 Å². The van der Waals surface area contributed by atoms with Crippen molar-refractivity contribution in [3.05, 3.63) is 23.8 Å². The van der Waals surface area contributed by atoms with Gasteiger partial charge in [-0.2, -0.15) is 10.5 Å². The molecule has 0 spiro atoms. The Morgan fingerprint density at radius 1 is 1.17 bits per heavy atom. The number of esters is 2. The number of carbonyl (C=O) groups is 3. The summed E-state index contributed by atoms with van der Waals surface area (Å²) in [6, 6.07) is 2.87. The Bertz CT molecular complexity index is 977. The molecule has 0 aromatic carbocycles. The van der Waals surface area contributed by atoms with Crippen LogP contribution in [-0.2, 0) is 37.4 Å². The van der Waals surface area contributed by atoms with Crippen LogP contribution in [0.2, 0.25) is 0 Å². The number of ether oxygens (including phenoxy) is 3. The number of hydrogen-bond acceptors (Lipinski definition) is 12. The van der Waals surface area contributed by atoms with Crippen LogP contribution in [-0.4, -0.2) is 72.3 Å². The monoisotopic (exact) mass is 512 g/mol. The third-order valence-corrected chi connectivity index (χ3v) is 6.19. The zero-order valence-corrected chi connectivity index (χ0v) is 19.9. The number of urea groups is 1. The number of hydrogen-bond donors (Lipinski definition) is 2. The highest BCUT2D eigenvalue weighted by atomic mass is 31.2. The van der Waals surface area contributed by atoms with E-state index >= 15 is 0 Å². The molecule has 0 unspecified atom stereocenters. The second-order valence-corrected chi connectivity index (χ2v) is 9.01. The molecule has 14 nitrogen and oxygen atoms in total. The maximum atomic E-state index is 13.0. The minimum atomic E-state index is -3.93. The van der Waals surface area contributed by atoms with Gasteiger partial charge in [-0.05, 0) is 6.08 Å². The molecule has 2 aliphatic rings. The Hall–Kier alpha value is -3.26. The standard InChI is InChI=1S/C20H25N4O10P/c1-13(26)32-17-16(11-25)34-19(18(17)33-14(2)27)24-8-5-15(23-20(24)28)12-35(29,30-9-3-6-21)31-10-4-7-22/h5,8,12,16-19,25H,3-4,9-11H2,1-2H3,(H,23,28)/b15-12+/t16-,17-,18-,19-/m1/s1. The van der Waals surface area contributed by atoms with E-state index in [2.05, 4.69) is 5.32 Å². The summed E-state index contributed by atoms with van der Waals surface area (Å²) < 4.78 is 39.4. The lowest BCUT2D eigenvalue weighted by atomic mass is 10.1. The van der Waals surface area contributed by atoms with Gasteiger partial charge < -0.3 is 33.7 Å². The number of allylic oxidation sites excluding steroid dienone is 1. The molecule has 2 rings (SSSR count). The van der Waals surface area contributed by atoms with E-state index in [4.69, 9.17) is 33.8 Å². The van der Waals surface area contributed by atoms with Crippen LogP contribution < -0.4 is 5.32 Å². The van der Waals surface area contributed by atoms with Gasteiger partial charge in [0.15, 0.2) is 18.4 Å². The number of nitrogens with zero attached hydrogens (tertiary/aromatic N) is 3. The maximum Gasteiger partial charge on any atom is 0.356 e. The summed E-state index contributed by atoms with van der Waals surface area (Å²) in [4.78, 5) is 37.0. The molecule has 0 aliphatic carbocycles. The molecule has 15 heteroatoms. The SMILES string of the molecule is CC(=O)O[C@@H]1[C@H](OC(C)=O)[C@@H](CO)O[C@H]1N1C=C/C(=C\P(=O)(OCCC#N)OCCC#N)NC1=O. The van der Waals surface area contributed by atoms with Crippen molar-refractivity contribution in [2.75, 3.05) is 19.8 Å². The van der Waals surface area contributed by atoms with E-state index in [1.54, 1.807) is 0 Å². The van der Waals surface area contributed by atoms with E-state index in [1.807, 2.05) is 12.1 Å². The molecule has 0 aromatic rings. The molecule has 35 heavy (non-hydrogen) atoms. The van der Waals surface area contributed by atoms with Gasteiger partial charge in [-0.15, -0.1) is 0 Å². The fourth-order valence-electron chi connectivity index (χ4n) is 3.18. The van der Waals surface area contributed by atoms with Crippen LogP contribution in [0.1, 0.15) is 26.7 Å². The first-order valence-electron chi connectivity index (χ1n) is 10.4. The van der Waals surface area contributed by atoms with E-state index in [0.717, 1.165) is 24.6 Å². The van der Waals surface area contributed by atoms with Gasteiger partial charge in [-0.1, -0.05) is 0 Å². The lowest BCUT2D eigenvalue weighted by Crippen LogP contribution is -2.51. The van der Waals surface area contributed by atoms with E-state index < -0.39 is 56.7 Å². The van der Waals surface area contributed by atoms with Crippen LogP contribution in [0.3, 0.4) is 0 Å². The Morgan fingerprint density at radius 2 is 1.74 bits per heavy atom. The first-order chi connectivity index (χ1) is 16.6. The van der Waals surface area contributed by atoms with Gasteiger partial charge in [0, 0.05) is 20.0 Å². The van der Waals surface area contributed by atoms with Crippen molar-refractivity contribution in [1.82, 2.24) is 10.2 Å². The van der Waals surface area contributed by atoms with Crippen LogP contribution in [0.15, 0.2) is 23.8 Å². The molecule has 2 heterocycles. The van der Waals surface area contributed by atoms with Gasteiger partial charge in [0.1, 0.15) is 6.10 Å². The molecule has 2 N–H and O–H groups in total. The summed E-state index contributed by atoms with van der Waals surface area (Å²) in [5.41, 5.74) is 0.0285. The van der Waals surface area contributed by atoms with E-state index in [1.165, 1.54) is 12.3 Å². The van der Waals surface area contributed by atoms with Crippen molar-refractivity contribution in [3.63, 3.8) is 0 Å². The van der Waals surface area contributed by atoms with Gasteiger partial charge >= 0.3 is 25.6 Å². The summed E-state index contributed by atoms with van der Waals surface area (Å²) in [6.45, 7) is 1.27. The van der Waals surface area contributed by atoms with E-state index in [9.17, 15) is 24.1 Å². The minimum absolute atomic E-state index is 0.0285. The number of nitrogens with one attached hydrogen (secondary N) is 1. The average molecular weight is 512 g/mol. The molecule has 190 valence electrons. The quantitative estimate of drug-likeness (QED) is 0.227. The van der Waals surface area contributed by atoms with Crippen molar-refractivity contribution in [2.24, 2.45) is 0 Å². The highest BCUT2D eigenvalue weighted by Gasteiger charge is 2.52. The average Bonchev–Trinajstić information content (AvgIpc) is 3.10. The lowest BCUT2D eigenvalue weighted by Gasteiger charge is -2.32. The van der Waals surface area contributed by atoms with Crippen molar-refractivity contribution >= 4 is 25.6 Å². The van der Waals surface area contributed by atoms with Gasteiger partial charge in [0.25, 0.3) is 0 Å². The first-order valence-corrected chi connectivity index (χ1v) is 12.0. The van der Waals surface area contributed by atoms with Gasteiger partial charge in [-0.3, -0.25) is 19.1 Å². The van der Waals surface area contributed by atoms with Crippen molar-refractivity contribution in [3.8, 4) is 12.1 Å². The number of amides is 2. The Balaban J connectivity index is 2.28. The molecule has 0 saturated carbocycles. The molecule has 0 aromatic heterocycles. The summed E-state index contributed by atoms with van der Waals surface area (Å²) in [5, 5.41) is 29.4. The predicted octanol–water partition coefficient (Wildman–Crippen LogP) is 1.00. The number of aliphatic hydroxyl groups is 1. The third kappa shape index (κ3) is 7.89. The van der Waals surface area contributed by atoms with Crippen LogP contribution in [0, 0.1) is 22.7 Å². The van der Waals surface area contributed by atoms with Crippen LogP contribution in [0.4, 0.5) is 4.79 Å². The Labute approximate surface area is 201 Å². The molecule has 2 amide bonds. The Kier molecular flexibility index (Phi) is 10.4. The second-order valence-electron chi connectivity index (χ2n) is 7.16. The molecule has 4 atom stereocenters. The predicted molar refractivity (Wildman–Crippen MR) is 114 cm³/mol. The van der Waals surface area contributed by atoms with Gasteiger partial charge in [0.05, 0.1) is 56.3 Å². The smallest absolute Gasteiger partial charge is 0.356 e.